The zero-order chi connectivity index (χ0) is 11.8. The smallest absolute Gasteiger partial charge is 0.233 e. The van der Waals surface area contributed by atoms with Gasteiger partial charge in [-0.1, -0.05) is 0 Å². The van der Waals surface area contributed by atoms with Crippen molar-refractivity contribution in [2.45, 2.75) is 12.8 Å². The average Bonchev–Trinajstić information content (AvgIpc) is 2.93. The van der Waals surface area contributed by atoms with Crippen molar-refractivity contribution in [3.63, 3.8) is 0 Å². The van der Waals surface area contributed by atoms with E-state index in [4.69, 9.17) is 0 Å². The SMILES string of the molecule is O=S(=O)(CC1CC1)Nc1ccc(F)cc1I. The first-order valence-corrected chi connectivity index (χ1v) is 7.65. The number of anilines is 1. The number of benzene rings is 1. The van der Waals surface area contributed by atoms with E-state index in [9.17, 15) is 12.8 Å². The third-order valence-corrected chi connectivity index (χ3v) is 4.68. The van der Waals surface area contributed by atoms with Gasteiger partial charge in [-0.15, -0.1) is 0 Å². The van der Waals surface area contributed by atoms with E-state index in [1.165, 1.54) is 18.2 Å². The summed E-state index contributed by atoms with van der Waals surface area (Å²) in [6.07, 6.45) is 1.98. The van der Waals surface area contributed by atoms with Crippen molar-refractivity contribution in [2.75, 3.05) is 10.5 Å². The third kappa shape index (κ3) is 3.31. The highest BCUT2D eigenvalue weighted by Crippen LogP contribution is 2.31. The lowest BCUT2D eigenvalue weighted by Gasteiger charge is -2.09. The lowest BCUT2D eigenvalue weighted by molar-refractivity contribution is 0.597. The molecule has 1 saturated carbocycles. The van der Waals surface area contributed by atoms with Gasteiger partial charge in [-0.3, -0.25) is 4.72 Å². The zero-order valence-electron chi connectivity index (χ0n) is 8.41. The van der Waals surface area contributed by atoms with Crippen molar-refractivity contribution in [3.8, 4) is 0 Å². The molecule has 16 heavy (non-hydrogen) atoms. The molecule has 0 aliphatic heterocycles. The van der Waals surface area contributed by atoms with Gasteiger partial charge in [0.05, 0.1) is 11.4 Å². The van der Waals surface area contributed by atoms with Crippen molar-refractivity contribution in [2.24, 2.45) is 5.92 Å². The first-order valence-electron chi connectivity index (χ1n) is 4.92. The third-order valence-electron chi connectivity index (χ3n) is 2.35. The van der Waals surface area contributed by atoms with Crippen LogP contribution in [-0.2, 0) is 10.0 Å². The topological polar surface area (TPSA) is 46.2 Å². The van der Waals surface area contributed by atoms with E-state index in [1.807, 2.05) is 22.6 Å². The molecule has 2 rings (SSSR count). The van der Waals surface area contributed by atoms with Crippen LogP contribution in [0, 0.1) is 15.3 Å². The van der Waals surface area contributed by atoms with Crippen LogP contribution in [0.3, 0.4) is 0 Å². The minimum atomic E-state index is -3.28. The zero-order valence-corrected chi connectivity index (χ0v) is 11.4. The normalized spacial score (nSPS) is 16.1. The van der Waals surface area contributed by atoms with Crippen LogP contribution in [0.1, 0.15) is 12.8 Å². The number of hydrogen-bond donors (Lipinski definition) is 1. The first kappa shape index (κ1) is 12.1. The summed E-state index contributed by atoms with van der Waals surface area (Å²) in [5, 5.41) is 0. The predicted molar refractivity (Wildman–Crippen MR) is 69.3 cm³/mol. The molecule has 3 nitrogen and oxygen atoms in total. The molecule has 0 radical (unpaired) electrons. The Morgan fingerprint density at radius 3 is 2.69 bits per heavy atom. The standard InChI is InChI=1S/C10H11FINO2S/c11-8-3-4-10(9(12)5-8)13-16(14,15)6-7-1-2-7/h3-5,7,13H,1-2,6H2. The van der Waals surface area contributed by atoms with Gasteiger partial charge in [-0.25, -0.2) is 12.8 Å². The summed E-state index contributed by atoms with van der Waals surface area (Å²) in [5.74, 6) is 0.102. The van der Waals surface area contributed by atoms with E-state index >= 15 is 0 Å². The van der Waals surface area contributed by atoms with Crippen LogP contribution >= 0.6 is 22.6 Å². The maximum Gasteiger partial charge on any atom is 0.233 e. The maximum absolute atomic E-state index is 12.8. The van der Waals surface area contributed by atoms with Crippen LogP contribution in [0.4, 0.5) is 10.1 Å². The Balaban J connectivity index is 2.13. The summed E-state index contributed by atoms with van der Waals surface area (Å²) in [5.41, 5.74) is 0.447. The Kier molecular flexibility index (Phi) is 3.39. The Morgan fingerprint density at radius 1 is 1.44 bits per heavy atom. The van der Waals surface area contributed by atoms with Gasteiger partial charge in [-0.05, 0) is 59.5 Å². The number of rotatable bonds is 4. The molecule has 0 heterocycles. The molecular formula is C10H11FINO2S. The summed E-state index contributed by atoms with van der Waals surface area (Å²) >= 11 is 1.91. The molecule has 0 aromatic heterocycles. The van der Waals surface area contributed by atoms with Crippen molar-refractivity contribution in [1.29, 1.82) is 0 Å². The maximum atomic E-state index is 12.8. The highest BCUT2D eigenvalue weighted by atomic mass is 127. The van der Waals surface area contributed by atoms with Crippen LogP contribution in [0.25, 0.3) is 0 Å². The first-order chi connectivity index (χ1) is 7.46. The molecule has 0 amide bonds. The number of hydrogen-bond acceptors (Lipinski definition) is 2. The van der Waals surface area contributed by atoms with Crippen LogP contribution in [0.5, 0.6) is 0 Å². The van der Waals surface area contributed by atoms with E-state index in [0.717, 1.165) is 12.8 Å². The molecule has 88 valence electrons. The molecule has 1 aromatic carbocycles. The molecule has 1 aromatic rings. The van der Waals surface area contributed by atoms with E-state index in [1.54, 1.807) is 0 Å². The van der Waals surface area contributed by atoms with Crippen molar-refractivity contribution >= 4 is 38.3 Å². The lowest BCUT2D eigenvalue weighted by Crippen LogP contribution is -2.18. The minimum absolute atomic E-state index is 0.167. The van der Waals surface area contributed by atoms with Gasteiger partial charge in [0.2, 0.25) is 10.0 Å². The van der Waals surface area contributed by atoms with Crippen molar-refractivity contribution in [1.82, 2.24) is 0 Å². The molecule has 0 bridgehead atoms. The summed E-state index contributed by atoms with van der Waals surface area (Å²) in [7, 11) is -3.28. The van der Waals surface area contributed by atoms with Gasteiger partial charge >= 0.3 is 0 Å². The molecule has 0 spiro atoms. The van der Waals surface area contributed by atoms with Crippen molar-refractivity contribution in [3.05, 3.63) is 27.6 Å². The average molecular weight is 355 g/mol. The minimum Gasteiger partial charge on any atom is -0.282 e. The molecule has 6 heteroatoms. The molecule has 0 atom stereocenters. The van der Waals surface area contributed by atoms with Gasteiger partial charge in [0.1, 0.15) is 5.82 Å². The van der Waals surface area contributed by atoms with Gasteiger partial charge in [0.25, 0.3) is 0 Å². The van der Waals surface area contributed by atoms with Crippen LogP contribution in [0.2, 0.25) is 0 Å². The Morgan fingerprint density at radius 2 is 2.12 bits per heavy atom. The number of halogens is 2. The van der Waals surface area contributed by atoms with E-state index in [0.29, 0.717) is 15.2 Å². The van der Waals surface area contributed by atoms with E-state index < -0.39 is 10.0 Å². The quantitative estimate of drug-likeness (QED) is 0.844. The van der Waals surface area contributed by atoms with E-state index in [-0.39, 0.29) is 11.6 Å². The van der Waals surface area contributed by atoms with Crippen molar-refractivity contribution < 1.29 is 12.8 Å². The molecule has 0 saturated heterocycles. The Labute approximate surface area is 108 Å². The molecule has 1 aliphatic carbocycles. The van der Waals surface area contributed by atoms with Gasteiger partial charge in [-0.2, -0.15) is 0 Å². The van der Waals surface area contributed by atoms with Crippen LogP contribution < -0.4 is 4.72 Å². The summed E-state index contributed by atoms with van der Waals surface area (Å²) in [6, 6.07) is 3.99. The highest BCUT2D eigenvalue weighted by Gasteiger charge is 2.28. The number of nitrogens with one attached hydrogen (secondary N) is 1. The summed E-state index contributed by atoms with van der Waals surface area (Å²) < 4.78 is 39.2. The highest BCUT2D eigenvalue weighted by molar-refractivity contribution is 14.1. The second kappa shape index (κ2) is 4.48. The van der Waals surface area contributed by atoms with Gasteiger partial charge < -0.3 is 0 Å². The number of sulfonamides is 1. The fraction of sp³-hybridized carbons (Fsp3) is 0.400. The Hall–Kier alpha value is -0.370. The largest absolute Gasteiger partial charge is 0.282 e. The lowest BCUT2D eigenvalue weighted by atomic mass is 10.3. The fourth-order valence-electron chi connectivity index (χ4n) is 1.38. The predicted octanol–water partition coefficient (Wildman–Crippen LogP) is 2.58. The summed E-state index contributed by atoms with van der Waals surface area (Å²) in [4.78, 5) is 0. The molecule has 1 fully saturated rings. The molecule has 1 N–H and O–H groups in total. The van der Waals surface area contributed by atoms with Gasteiger partial charge in [0.15, 0.2) is 0 Å². The van der Waals surface area contributed by atoms with Crippen LogP contribution in [-0.4, -0.2) is 14.2 Å². The molecule has 0 unspecified atom stereocenters. The second-order valence-electron chi connectivity index (χ2n) is 3.95. The van der Waals surface area contributed by atoms with Crippen LogP contribution in [0.15, 0.2) is 18.2 Å². The monoisotopic (exact) mass is 355 g/mol. The van der Waals surface area contributed by atoms with E-state index in [2.05, 4.69) is 4.72 Å². The molecule has 1 aliphatic rings. The van der Waals surface area contributed by atoms with Gasteiger partial charge in [0, 0.05) is 3.57 Å². The second-order valence-corrected chi connectivity index (χ2v) is 6.88. The molecular weight excluding hydrogens is 344 g/mol. The Bertz CT molecular complexity index is 500. The fourth-order valence-corrected chi connectivity index (χ4v) is 3.72. The summed E-state index contributed by atoms with van der Waals surface area (Å²) in [6.45, 7) is 0.